The molecule has 0 radical (unpaired) electrons. The normalized spacial score (nSPS) is 14.9. The summed E-state index contributed by atoms with van der Waals surface area (Å²) < 4.78 is 5.31. The second-order valence-electron chi connectivity index (χ2n) is 3.20. The van der Waals surface area contributed by atoms with E-state index in [4.69, 9.17) is 15.4 Å². The third-order valence-corrected chi connectivity index (χ3v) is 2.24. The highest BCUT2D eigenvalue weighted by atomic mass is 16.3. The molecule has 0 bridgehead atoms. The van der Waals surface area contributed by atoms with Gasteiger partial charge < -0.3 is 10.2 Å². The Balaban J connectivity index is 2.81. The lowest BCUT2D eigenvalue weighted by Crippen LogP contribution is -2.05. The summed E-state index contributed by atoms with van der Waals surface area (Å²) in [5.41, 5.74) is 6.29. The SMILES string of the molecule is CCC(C)c1cc(C(N)C#N)co1. The second kappa shape index (κ2) is 4.11. The molecule has 70 valence electrons. The maximum absolute atomic E-state index is 8.58. The standard InChI is InChI=1S/C10H14N2O/c1-3-7(2)10-4-8(6-13-10)9(12)5-11/h4,6-7,9H,3,12H2,1-2H3. The van der Waals surface area contributed by atoms with E-state index < -0.39 is 6.04 Å². The van der Waals surface area contributed by atoms with Crippen LogP contribution in [0, 0.1) is 11.3 Å². The average molecular weight is 178 g/mol. The Kier molecular flexibility index (Phi) is 3.10. The molecule has 1 aromatic rings. The van der Waals surface area contributed by atoms with Crippen molar-refractivity contribution in [3.05, 3.63) is 23.7 Å². The highest BCUT2D eigenvalue weighted by molar-refractivity contribution is 5.23. The second-order valence-corrected chi connectivity index (χ2v) is 3.20. The Labute approximate surface area is 78.1 Å². The molecule has 1 heterocycles. The first kappa shape index (κ1) is 9.82. The van der Waals surface area contributed by atoms with E-state index in [1.807, 2.05) is 12.1 Å². The summed E-state index contributed by atoms with van der Waals surface area (Å²) in [7, 11) is 0. The van der Waals surface area contributed by atoms with Crippen molar-refractivity contribution in [3.8, 4) is 6.07 Å². The first-order valence-corrected chi connectivity index (χ1v) is 4.42. The van der Waals surface area contributed by atoms with E-state index in [-0.39, 0.29) is 0 Å². The molecule has 2 N–H and O–H groups in total. The Morgan fingerprint density at radius 1 is 1.69 bits per heavy atom. The van der Waals surface area contributed by atoms with Crippen molar-refractivity contribution in [1.29, 1.82) is 5.26 Å². The van der Waals surface area contributed by atoms with E-state index in [1.165, 1.54) is 0 Å². The molecular weight excluding hydrogens is 164 g/mol. The molecule has 0 aliphatic carbocycles. The van der Waals surface area contributed by atoms with Crippen molar-refractivity contribution in [2.45, 2.75) is 32.2 Å². The molecule has 0 spiro atoms. The number of hydrogen-bond donors (Lipinski definition) is 1. The van der Waals surface area contributed by atoms with E-state index in [0.29, 0.717) is 5.92 Å². The first-order chi connectivity index (χ1) is 6.19. The van der Waals surface area contributed by atoms with Gasteiger partial charge in [-0.25, -0.2) is 0 Å². The zero-order chi connectivity index (χ0) is 9.84. The molecule has 2 unspecified atom stereocenters. The van der Waals surface area contributed by atoms with Gasteiger partial charge in [0.15, 0.2) is 0 Å². The topological polar surface area (TPSA) is 63.0 Å². The van der Waals surface area contributed by atoms with Crippen LogP contribution in [-0.2, 0) is 0 Å². The van der Waals surface area contributed by atoms with Gasteiger partial charge in [0.2, 0.25) is 0 Å². The molecule has 0 fully saturated rings. The van der Waals surface area contributed by atoms with Crippen LogP contribution in [0.3, 0.4) is 0 Å². The van der Waals surface area contributed by atoms with Gasteiger partial charge in [-0.15, -0.1) is 0 Å². The molecule has 0 saturated heterocycles. The van der Waals surface area contributed by atoms with Gasteiger partial charge in [-0.2, -0.15) is 5.26 Å². The van der Waals surface area contributed by atoms with Gasteiger partial charge in [-0.05, 0) is 12.5 Å². The molecule has 0 aliphatic rings. The third kappa shape index (κ3) is 2.10. The van der Waals surface area contributed by atoms with Crippen molar-refractivity contribution in [1.82, 2.24) is 0 Å². The van der Waals surface area contributed by atoms with Gasteiger partial charge >= 0.3 is 0 Å². The van der Waals surface area contributed by atoms with Gasteiger partial charge in [0, 0.05) is 11.5 Å². The fraction of sp³-hybridized carbons (Fsp3) is 0.500. The molecule has 0 aromatic carbocycles. The zero-order valence-corrected chi connectivity index (χ0v) is 7.95. The van der Waals surface area contributed by atoms with Crippen molar-refractivity contribution >= 4 is 0 Å². The highest BCUT2D eigenvalue weighted by Crippen LogP contribution is 2.23. The van der Waals surface area contributed by atoms with E-state index in [1.54, 1.807) is 6.26 Å². The van der Waals surface area contributed by atoms with E-state index in [2.05, 4.69) is 13.8 Å². The summed E-state index contributed by atoms with van der Waals surface area (Å²) in [6.45, 7) is 4.18. The van der Waals surface area contributed by atoms with Crippen LogP contribution >= 0.6 is 0 Å². The van der Waals surface area contributed by atoms with Gasteiger partial charge in [-0.3, -0.25) is 0 Å². The molecule has 2 atom stereocenters. The van der Waals surface area contributed by atoms with Crippen LogP contribution in [0.1, 0.15) is 43.6 Å². The lowest BCUT2D eigenvalue weighted by atomic mass is 10.0. The molecule has 0 saturated carbocycles. The molecule has 0 amide bonds. The molecular formula is C10H14N2O. The summed E-state index contributed by atoms with van der Waals surface area (Å²) in [5, 5.41) is 8.58. The van der Waals surface area contributed by atoms with E-state index in [9.17, 15) is 0 Å². The van der Waals surface area contributed by atoms with E-state index >= 15 is 0 Å². The summed E-state index contributed by atoms with van der Waals surface area (Å²) in [4.78, 5) is 0. The van der Waals surface area contributed by atoms with Crippen LogP contribution in [0.25, 0.3) is 0 Å². The quantitative estimate of drug-likeness (QED) is 0.772. The fourth-order valence-electron chi connectivity index (χ4n) is 1.07. The molecule has 1 aromatic heterocycles. The van der Waals surface area contributed by atoms with Crippen molar-refractivity contribution < 1.29 is 4.42 Å². The highest BCUT2D eigenvalue weighted by Gasteiger charge is 2.12. The van der Waals surface area contributed by atoms with Crippen molar-refractivity contribution in [2.75, 3.05) is 0 Å². The monoisotopic (exact) mass is 178 g/mol. The minimum atomic E-state index is -0.568. The zero-order valence-electron chi connectivity index (χ0n) is 7.95. The molecule has 13 heavy (non-hydrogen) atoms. The number of furan rings is 1. The fourth-order valence-corrected chi connectivity index (χ4v) is 1.07. The first-order valence-electron chi connectivity index (χ1n) is 4.42. The lowest BCUT2D eigenvalue weighted by molar-refractivity contribution is 0.467. The summed E-state index contributed by atoms with van der Waals surface area (Å²) in [6.07, 6.45) is 2.59. The minimum absolute atomic E-state index is 0.389. The predicted octanol–water partition coefficient (Wildman–Crippen LogP) is 2.32. The lowest BCUT2D eigenvalue weighted by Gasteiger charge is -2.01. The molecule has 3 nitrogen and oxygen atoms in total. The van der Waals surface area contributed by atoms with Crippen molar-refractivity contribution in [2.24, 2.45) is 5.73 Å². The number of nitrogens with zero attached hydrogens (tertiary/aromatic N) is 1. The Bertz CT molecular complexity index is 311. The van der Waals surface area contributed by atoms with Gasteiger partial charge in [0.1, 0.15) is 11.8 Å². The van der Waals surface area contributed by atoms with Gasteiger partial charge in [0.05, 0.1) is 12.3 Å². The number of hydrogen-bond acceptors (Lipinski definition) is 3. The Hall–Kier alpha value is -1.27. The summed E-state index contributed by atoms with van der Waals surface area (Å²) in [5.74, 6) is 1.29. The summed E-state index contributed by atoms with van der Waals surface area (Å²) in [6, 6.07) is 3.26. The number of nitrogens with two attached hydrogens (primary N) is 1. The number of rotatable bonds is 3. The predicted molar refractivity (Wildman–Crippen MR) is 50.0 cm³/mol. The smallest absolute Gasteiger partial charge is 0.121 e. The largest absolute Gasteiger partial charge is 0.469 e. The summed E-state index contributed by atoms with van der Waals surface area (Å²) >= 11 is 0. The van der Waals surface area contributed by atoms with Crippen LogP contribution in [0.5, 0.6) is 0 Å². The maximum Gasteiger partial charge on any atom is 0.121 e. The van der Waals surface area contributed by atoms with Gasteiger partial charge in [-0.1, -0.05) is 13.8 Å². The average Bonchev–Trinajstić information content (AvgIpc) is 2.64. The third-order valence-electron chi connectivity index (χ3n) is 2.24. The van der Waals surface area contributed by atoms with Crippen LogP contribution in [0.4, 0.5) is 0 Å². The van der Waals surface area contributed by atoms with E-state index in [0.717, 1.165) is 17.7 Å². The van der Waals surface area contributed by atoms with Crippen LogP contribution in [0.15, 0.2) is 16.7 Å². The van der Waals surface area contributed by atoms with Crippen LogP contribution in [0.2, 0.25) is 0 Å². The molecule has 3 heteroatoms. The Morgan fingerprint density at radius 3 is 2.92 bits per heavy atom. The molecule has 1 rings (SSSR count). The van der Waals surface area contributed by atoms with Crippen molar-refractivity contribution in [3.63, 3.8) is 0 Å². The number of nitriles is 1. The van der Waals surface area contributed by atoms with Gasteiger partial charge in [0.25, 0.3) is 0 Å². The van der Waals surface area contributed by atoms with Crippen LogP contribution in [-0.4, -0.2) is 0 Å². The minimum Gasteiger partial charge on any atom is -0.469 e. The Morgan fingerprint density at radius 2 is 2.38 bits per heavy atom. The van der Waals surface area contributed by atoms with Crippen LogP contribution < -0.4 is 5.73 Å². The maximum atomic E-state index is 8.58. The molecule has 0 aliphatic heterocycles.